The lowest BCUT2D eigenvalue weighted by molar-refractivity contribution is -0.0917. The summed E-state index contributed by atoms with van der Waals surface area (Å²) in [5.74, 6) is 1.57. The van der Waals surface area contributed by atoms with E-state index in [2.05, 4.69) is 50.4 Å². The first kappa shape index (κ1) is 13.9. The van der Waals surface area contributed by atoms with Crippen LogP contribution in [-0.4, -0.2) is 16.7 Å². The van der Waals surface area contributed by atoms with E-state index in [-0.39, 0.29) is 6.04 Å². The molecule has 0 spiro atoms. The van der Waals surface area contributed by atoms with E-state index in [1.165, 1.54) is 17.7 Å². The van der Waals surface area contributed by atoms with Gasteiger partial charge in [-0.3, -0.25) is 0 Å². The van der Waals surface area contributed by atoms with Gasteiger partial charge in [0, 0.05) is 5.69 Å². The molecule has 4 unspecified atom stereocenters. The van der Waals surface area contributed by atoms with Crippen molar-refractivity contribution in [1.82, 2.24) is 0 Å². The van der Waals surface area contributed by atoms with Crippen molar-refractivity contribution in [3.05, 3.63) is 29.8 Å². The van der Waals surface area contributed by atoms with Gasteiger partial charge < -0.3 is 10.4 Å². The molecule has 2 N–H and O–H groups in total. The van der Waals surface area contributed by atoms with Gasteiger partial charge in [-0.1, -0.05) is 45.4 Å². The van der Waals surface area contributed by atoms with Crippen molar-refractivity contribution < 1.29 is 5.11 Å². The maximum absolute atomic E-state index is 11.5. The Morgan fingerprint density at radius 2 is 2.00 bits per heavy atom. The second-order valence-corrected chi connectivity index (χ2v) is 7.29. The van der Waals surface area contributed by atoms with Crippen LogP contribution in [0.25, 0.3) is 0 Å². The van der Waals surface area contributed by atoms with Crippen LogP contribution >= 0.6 is 0 Å². The molecular formula is C18H27NO. The van der Waals surface area contributed by atoms with Crippen LogP contribution in [0.4, 0.5) is 5.69 Å². The molecule has 1 aliphatic heterocycles. The monoisotopic (exact) mass is 273 g/mol. The number of benzene rings is 1. The summed E-state index contributed by atoms with van der Waals surface area (Å²) < 4.78 is 0. The minimum Gasteiger partial charge on any atom is -0.387 e. The van der Waals surface area contributed by atoms with Crippen molar-refractivity contribution >= 4 is 5.69 Å². The van der Waals surface area contributed by atoms with Crippen LogP contribution in [0.15, 0.2) is 24.3 Å². The molecule has 110 valence electrons. The summed E-state index contributed by atoms with van der Waals surface area (Å²) >= 11 is 0. The molecule has 1 aromatic rings. The molecule has 20 heavy (non-hydrogen) atoms. The van der Waals surface area contributed by atoms with E-state index in [1.54, 1.807) is 0 Å². The van der Waals surface area contributed by atoms with E-state index >= 15 is 0 Å². The molecule has 0 bridgehead atoms. The van der Waals surface area contributed by atoms with Gasteiger partial charge in [-0.25, -0.2) is 0 Å². The van der Waals surface area contributed by atoms with Crippen molar-refractivity contribution in [1.29, 1.82) is 0 Å². The highest BCUT2D eigenvalue weighted by Gasteiger charge is 2.49. The molecule has 3 rings (SSSR count). The summed E-state index contributed by atoms with van der Waals surface area (Å²) in [7, 11) is 0. The standard InChI is InChI=1S/C18H27NO/c1-12(2)15-9-8-13(3)11-18(15,20)17-10-14-6-4-5-7-16(14)19-17/h4-7,12-13,15,17,19-20H,8-11H2,1-3H3. The van der Waals surface area contributed by atoms with Crippen LogP contribution in [-0.2, 0) is 6.42 Å². The molecule has 0 amide bonds. The lowest BCUT2D eigenvalue weighted by Gasteiger charge is -2.48. The minimum atomic E-state index is -0.565. The number of hydrogen-bond donors (Lipinski definition) is 2. The zero-order chi connectivity index (χ0) is 14.3. The number of nitrogens with one attached hydrogen (secondary N) is 1. The van der Waals surface area contributed by atoms with Gasteiger partial charge in [-0.2, -0.15) is 0 Å². The summed E-state index contributed by atoms with van der Waals surface area (Å²) in [5.41, 5.74) is 2.00. The molecule has 1 heterocycles. The number of rotatable bonds is 2. The van der Waals surface area contributed by atoms with Crippen LogP contribution in [0.2, 0.25) is 0 Å². The Morgan fingerprint density at radius 3 is 2.70 bits per heavy atom. The summed E-state index contributed by atoms with van der Waals surface area (Å²) in [6.45, 7) is 6.80. The van der Waals surface area contributed by atoms with E-state index in [0.717, 1.165) is 19.3 Å². The molecule has 4 atom stereocenters. The average Bonchev–Trinajstić information content (AvgIpc) is 2.82. The third kappa shape index (κ3) is 2.24. The van der Waals surface area contributed by atoms with Gasteiger partial charge in [-0.15, -0.1) is 0 Å². The highest BCUT2D eigenvalue weighted by Crippen LogP contribution is 2.46. The van der Waals surface area contributed by atoms with Gasteiger partial charge in [-0.05, 0) is 48.6 Å². The van der Waals surface area contributed by atoms with E-state index in [0.29, 0.717) is 17.8 Å². The predicted molar refractivity (Wildman–Crippen MR) is 83.8 cm³/mol. The predicted octanol–water partition coefficient (Wildman–Crippen LogP) is 3.85. The van der Waals surface area contributed by atoms with Crippen molar-refractivity contribution in [3.63, 3.8) is 0 Å². The Morgan fingerprint density at radius 1 is 1.25 bits per heavy atom. The lowest BCUT2D eigenvalue weighted by atomic mass is 9.63. The van der Waals surface area contributed by atoms with E-state index < -0.39 is 5.60 Å². The normalized spacial score (nSPS) is 36.8. The fourth-order valence-electron chi connectivity index (χ4n) is 4.44. The third-order valence-electron chi connectivity index (χ3n) is 5.47. The first-order valence-electron chi connectivity index (χ1n) is 8.07. The topological polar surface area (TPSA) is 32.3 Å². The molecule has 1 aliphatic carbocycles. The van der Waals surface area contributed by atoms with Crippen LogP contribution in [0.3, 0.4) is 0 Å². The van der Waals surface area contributed by atoms with Gasteiger partial charge in [0.15, 0.2) is 0 Å². The Bertz CT molecular complexity index is 459. The third-order valence-corrected chi connectivity index (χ3v) is 5.47. The Kier molecular flexibility index (Phi) is 3.53. The summed E-state index contributed by atoms with van der Waals surface area (Å²) in [6, 6.07) is 8.66. The maximum Gasteiger partial charge on any atom is 0.0883 e. The van der Waals surface area contributed by atoms with Gasteiger partial charge in [0.1, 0.15) is 0 Å². The highest BCUT2D eigenvalue weighted by molar-refractivity contribution is 5.57. The first-order valence-corrected chi connectivity index (χ1v) is 8.07. The number of hydrogen-bond acceptors (Lipinski definition) is 2. The first-order chi connectivity index (χ1) is 9.50. The van der Waals surface area contributed by atoms with Crippen molar-refractivity contribution in [2.75, 3.05) is 5.32 Å². The average molecular weight is 273 g/mol. The zero-order valence-electron chi connectivity index (χ0n) is 12.9. The molecule has 0 aromatic heterocycles. The SMILES string of the molecule is CC1CCC(C(C)C)C(O)(C2Cc3ccccc3N2)C1. The number of anilines is 1. The molecule has 0 radical (unpaired) electrons. The second-order valence-electron chi connectivity index (χ2n) is 7.29. The van der Waals surface area contributed by atoms with Crippen LogP contribution in [0.1, 0.15) is 45.6 Å². The van der Waals surface area contributed by atoms with E-state index in [4.69, 9.17) is 0 Å². The van der Waals surface area contributed by atoms with Gasteiger partial charge in [0.2, 0.25) is 0 Å². The van der Waals surface area contributed by atoms with Crippen molar-refractivity contribution in [2.24, 2.45) is 17.8 Å². The van der Waals surface area contributed by atoms with Gasteiger partial charge in [0.05, 0.1) is 11.6 Å². The fraction of sp³-hybridized carbons (Fsp3) is 0.667. The Labute approximate surface area is 122 Å². The molecule has 2 nitrogen and oxygen atoms in total. The lowest BCUT2D eigenvalue weighted by Crippen LogP contribution is -2.56. The van der Waals surface area contributed by atoms with E-state index in [9.17, 15) is 5.11 Å². The molecule has 1 fully saturated rings. The molecule has 0 saturated heterocycles. The van der Waals surface area contributed by atoms with Crippen LogP contribution < -0.4 is 5.32 Å². The summed E-state index contributed by atoms with van der Waals surface area (Å²) in [5, 5.41) is 15.1. The van der Waals surface area contributed by atoms with Crippen LogP contribution in [0, 0.1) is 17.8 Å². The quantitative estimate of drug-likeness (QED) is 0.858. The smallest absolute Gasteiger partial charge is 0.0883 e. The molecule has 1 aromatic carbocycles. The van der Waals surface area contributed by atoms with Gasteiger partial charge in [0.25, 0.3) is 0 Å². The minimum absolute atomic E-state index is 0.176. The van der Waals surface area contributed by atoms with Crippen molar-refractivity contribution in [2.45, 2.75) is 58.1 Å². The molecule has 1 saturated carbocycles. The summed E-state index contributed by atoms with van der Waals surface area (Å²) in [6.07, 6.45) is 4.30. The number of fused-ring (bicyclic) bond motifs is 1. The van der Waals surface area contributed by atoms with Crippen molar-refractivity contribution in [3.8, 4) is 0 Å². The second kappa shape index (κ2) is 5.07. The molecule has 2 heteroatoms. The Balaban J connectivity index is 1.87. The number of para-hydroxylation sites is 1. The Hall–Kier alpha value is -1.02. The van der Waals surface area contributed by atoms with Crippen LogP contribution in [0.5, 0.6) is 0 Å². The summed E-state index contributed by atoms with van der Waals surface area (Å²) in [4.78, 5) is 0. The number of aliphatic hydroxyl groups is 1. The molecule has 2 aliphatic rings. The fourth-order valence-corrected chi connectivity index (χ4v) is 4.44. The largest absolute Gasteiger partial charge is 0.387 e. The van der Waals surface area contributed by atoms with Gasteiger partial charge >= 0.3 is 0 Å². The maximum atomic E-state index is 11.5. The van der Waals surface area contributed by atoms with E-state index in [1.807, 2.05) is 0 Å². The highest BCUT2D eigenvalue weighted by atomic mass is 16.3. The molecular weight excluding hydrogens is 246 g/mol. The zero-order valence-corrected chi connectivity index (χ0v) is 12.9.